The summed E-state index contributed by atoms with van der Waals surface area (Å²) < 4.78 is 0. The largest absolute Gasteiger partial charge is 0.316 e. The molecule has 0 aliphatic carbocycles. The molecule has 0 atom stereocenters. The summed E-state index contributed by atoms with van der Waals surface area (Å²) in [5, 5.41) is 0. The Morgan fingerprint density at radius 2 is 1.20 bits per heavy atom. The van der Waals surface area contributed by atoms with Crippen molar-refractivity contribution in [2.45, 2.75) is 0 Å². The maximum Gasteiger partial charge on any atom is 0.316 e. The van der Waals surface area contributed by atoms with Gasteiger partial charge in [0, 0.05) is 0 Å². The summed E-state index contributed by atoms with van der Waals surface area (Å²) in [4.78, 5) is 3.46. The fourth-order valence-electron chi connectivity index (χ4n) is 0. The maximum atomic E-state index is 3.02. The third kappa shape index (κ3) is 10.8. The molecule has 5 heavy (non-hydrogen) atoms. The van der Waals surface area contributed by atoms with Crippen molar-refractivity contribution in [1.29, 1.82) is 0 Å². The number of hydrogen-bond acceptors (Lipinski definition) is 0. The van der Waals surface area contributed by atoms with Crippen LogP contribution in [0.5, 0.6) is 0 Å². The Morgan fingerprint density at radius 1 is 1.00 bits per heavy atom. The average molecular weight is 212 g/mol. The highest BCUT2D eigenvalue weighted by molar-refractivity contribution is 9.13. The highest BCUT2D eigenvalue weighted by Gasteiger charge is 1.39. The van der Waals surface area contributed by atoms with Crippen LogP contribution in [0.25, 0.3) is 0 Å². The Bertz CT molecular complexity index is 22.8. The van der Waals surface area contributed by atoms with Gasteiger partial charge in [0.05, 0.1) is 0 Å². The van der Waals surface area contributed by atoms with Crippen molar-refractivity contribution in [2.75, 3.05) is 0 Å². The van der Waals surface area contributed by atoms with Crippen LogP contribution in [-0.2, 0) is 0 Å². The molecule has 0 radical (unpaired) electrons. The van der Waals surface area contributed by atoms with Crippen LogP contribution in [0.2, 0.25) is 0 Å². The predicted octanol–water partition coefficient (Wildman–Crippen LogP) is 1.33. The molecule has 0 aromatic carbocycles. The second-order valence-corrected chi connectivity index (χ2v) is 1.31. The van der Waals surface area contributed by atoms with Crippen LogP contribution in [-0.4, -0.2) is 23.1 Å². The van der Waals surface area contributed by atoms with Crippen LogP contribution >= 0.6 is 31.9 Å². The molecule has 0 saturated heterocycles. The lowest BCUT2D eigenvalue weighted by atomic mass is 11.3. The van der Waals surface area contributed by atoms with Crippen LogP contribution in [0.15, 0.2) is 9.97 Å². The first-order valence-corrected chi connectivity index (χ1v) is 2.60. The van der Waals surface area contributed by atoms with Crippen molar-refractivity contribution in [1.82, 2.24) is 0 Å². The van der Waals surface area contributed by atoms with Gasteiger partial charge >= 0.3 is 23.1 Å². The van der Waals surface area contributed by atoms with E-state index in [1.165, 1.54) is 0 Å². The first-order valence-electron chi connectivity index (χ1n) is 0.770. The first-order chi connectivity index (χ1) is 1.91. The van der Waals surface area contributed by atoms with E-state index in [4.69, 9.17) is 0 Å². The van der Waals surface area contributed by atoms with Crippen LogP contribution in [0.1, 0.15) is 0 Å². The van der Waals surface area contributed by atoms with E-state index in [2.05, 4.69) is 31.9 Å². The zero-order valence-electron chi connectivity index (χ0n) is 1.91. The van der Waals surface area contributed by atoms with Gasteiger partial charge in [0.2, 0.25) is 0 Å². The fraction of sp³-hybridized carbons (Fsp3) is 0. The molecule has 0 bridgehead atoms. The van der Waals surface area contributed by atoms with Crippen molar-refractivity contribution in [2.24, 2.45) is 0 Å². The summed E-state index contributed by atoms with van der Waals surface area (Å²) in [5.41, 5.74) is 0. The summed E-state index contributed by atoms with van der Waals surface area (Å²) in [7, 11) is 0. The van der Waals surface area contributed by atoms with Gasteiger partial charge in [-0.05, 0) is 9.97 Å². The molecule has 0 aliphatic heterocycles. The van der Waals surface area contributed by atoms with Gasteiger partial charge in [-0.25, -0.2) is 0 Å². The molecule has 0 spiro atoms. The first kappa shape index (κ1) is 9.69. The molecule has 0 amide bonds. The zero-order chi connectivity index (χ0) is 3.41. The predicted molar refractivity (Wildman–Crippen MR) is 35.5 cm³/mol. The van der Waals surface area contributed by atoms with Crippen LogP contribution in [0.4, 0.5) is 0 Å². The van der Waals surface area contributed by atoms with Gasteiger partial charge in [-0.3, -0.25) is 0 Å². The van der Waals surface area contributed by atoms with Crippen LogP contribution in [0.3, 0.4) is 0 Å². The van der Waals surface area contributed by atoms with Crippen LogP contribution in [0, 0.1) is 0 Å². The van der Waals surface area contributed by atoms with Crippen molar-refractivity contribution in [3.05, 3.63) is 9.97 Å². The molecular weight excluding hydrogens is 208 g/mol. The average Bonchev–Trinajstić information content (AvgIpc) is 1.37. The monoisotopic (exact) mass is 210 g/mol. The maximum absolute atomic E-state index is 3.02. The molecule has 3 heteroatoms. The summed E-state index contributed by atoms with van der Waals surface area (Å²) in [6.45, 7) is 0. The fourth-order valence-corrected chi connectivity index (χ4v) is 0. The normalized spacial score (nSPS) is 7.60. The Labute approximate surface area is 64.4 Å². The van der Waals surface area contributed by atoms with E-state index >= 15 is 0 Å². The second-order valence-electron chi connectivity index (χ2n) is 0.252. The van der Waals surface area contributed by atoms with Gasteiger partial charge in [0.15, 0.2) is 0 Å². The van der Waals surface area contributed by atoms with Gasteiger partial charge < -0.3 is 0 Å². The van der Waals surface area contributed by atoms with Gasteiger partial charge in [0.1, 0.15) is 0 Å². The van der Waals surface area contributed by atoms with E-state index in [0.717, 1.165) is 0 Å². The lowest BCUT2D eigenvalue weighted by Crippen LogP contribution is -1.07. The van der Waals surface area contributed by atoms with Crippen molar-refractivity contribution >= 4 is 54.9 Å². The Hall–Kier alpha value is 1.47. The molecule has 0 saturated carbocycles. The minimum Gasteiger partial charge on any atom is -0.0589 e. The van der Waals surface area contributed by atoms with Crippen LogP contribution < -0.4 is 0 Å². The molecule has 0 aromatic rings. The lowest BCUT2D eigenvalue weighted by Gasteiger charge is -1.44. The molecule has 0 aliphatic rings. The summed E-state index contributed by atoms with van der Waals surface area (Å²) >= 11 is 6.04. The highest BCUT2D eigenvalue weighted by atomic mass is 79.9. The molecule has 0 N–H and O–H groups in total. The van der Waals surface area contributed by atoms with Crippen molar-refractivity contribution in [3.63, 3.8) is 0 Å². The summed E-state index contributed by atoms with van der Waals surface area (Å²) in [6, 6.07) is 0. The zero-order valence-corrected chi connectivity index (χ0v) is 5.08. The van der Waals surface area contributed by atoms with E-state index in [1.54, 1.807) is 9.97 Å². The van der Waals surface area contributed by atoms with E-state index in [9.17, 15) is 0 Å². The number of halogens is 2. The highest BCUT2D eigenvalue weighted by Crippen LogP contribution is 1.86. The summed E-state index contributed by atoms with van der Waals surface area (Å²) in [6.07, 6.45) is 0. The quantitative estimate of drug-likeness (QED) is 0.531. The molecule has 0 nitrogen and oxygen atoms in total. The van der Waals surface area contributed by atoms with Gasteiger partial charge in [-0.1, -0.05) is 31.9 Å². The lowest BCUT2D eigenvalue weighted by molar-refractivity contribution is 2.65. The number of rotatable bonds is 0. The molecule has 0 heterocycles. The minimum absolute atomic E-state index is 0. The topological polar surface area (TPSA) is 0 Å². The number of hydrogen-bond donors (Lipinski definition) is 0. The van der Waals surface area contributed by atoms with E-state index in [0.29, 0.717) is 0 Å². The Morgan fingerprint density at radius 3 is 1.20 bits per heavy atom. The van der Waals surface area contributed by atoms with E-state index in [1.807, 2.05) is 0 Å². The van der Waals surface area contributed by atoms with Gasteiger partial charge in [-0.2, -0.15) is 0 Å². The molecule has 0 unspecified atom stereocenters. The molecule has 0 fully saturated rings. The molecule has 0 aromatic heterocycles. The van der Waals surface area contributed by atoms with E-state index in [-0.39, 0.29) is 23.1 Å². The van der Waals surface area contributed by atoms with E-state index < -0.39 is 0 Å². The Balaban J connectivity index is 0. The smallest absolute Gasteiger partial charge is 0.0589 e. The SMILES string of the molecule is BrC=CBr.[MgH2]. The minimum atomic E-state index is 0. The molecular formula is C2H4Br2Mg. The Kier molecular flexibility index (Phi) is 17.6. The molecule has 28 valence electrons. The van der Waals surface area contributed by atoms with Gasteiger partial charge in [0.25, 0.3) is 0 Å². The second kappa shape index (κ2) is 9.08. The molecule has 0 rings (SSSR count). The standard InChI is InChI=1S/C2H2Br2.Mg.2H/c3-1-2-4;;;/h1-2H;;;. The van der Waals surface area contributed by atoms with Gasteiger partial charge in [-0.15, -0.1) is 0 Å². The van der Waals surface area contributed by atoms with Crippen molar-refractivity contribution in [3.8, 4) is 0 Å². The third-order valence-corrected chi connectivity index (χ3v) is 1.29. The summed E-state index contributed by atoms with van der Waals surface area (Å²) in [5.74, 6) is 0. The third-order valence-electron chi connectivity index (χ3n) is 0.0476. The van der Waals surface area contributed by atoms with Crippen molar-refractivity contribution < 1.29 is 0 Å².